The van der Waals surface area contributed by atoms with Crippen LogP contribution in [0, 0.1) is 5.92 Å². The minimum Gasteiger partial charge on any atom is -0.360 e. The van der Waals surface area contributed by atoms with Crippen LogP contribution in [0.25, 0.3) is 11.1 Å². The first-order valence-electron chi connectivity index (χ1n) is 10.8. The molecule has 1 saturated heterocycles. The fourth-order valence-electron chi connectivity index (χ4n) is 4.06. The van der Waals surface area contributed by atoms with Gasteiger partial charge in [0.05, 0.1) is 12.2 Å². The topological polar surface area (TPSA) is 58.4 Å². The number of rotatable bonds is 7. The van der Waals surface area contributed by atoms with Crippen molar-refractivity contribution in [1.29, 1.82) is 0 Å². The number of aromatic nitrogens is 1. The standard InChI is InChI=1S/C25H29N3O2/c1-2-23-15-24(30-27-23)18-28-14-6-7-19(17-28)16-26-25(29)22-12-10-21(11-13-22)20-8-4-3-5-9-20/h3-5,8-13,15,19H,2,6-7,14,16-18H2,1H3,(H,26,29). The van der Waals surface area contributed by atoms with Crippen molar-refractivity contribution < 1.29 is 9.32 Å². The van der Waals surface area contributed by atoms with Crippen LogP contribution in [0.15, 0.2) is 65.2 Å². The van der Waals surface area contributed by atoms with Crippen LogP contribution in [0.2, 0.25) is 0 Å². The van der Waals surface area contributed by atoms with Crippen LogP contribution in [0.5, 0.6) is 0 Å². The highest BCUT2D eigenvalue weighted by Gasteiger charge is 2.22. The molecule has 0 aliphatic carbocycles. The summed E-state index contributed by atoms with van der Waals surface area (Å²) < 4.78 is 5.43. The molecule has 1 fully saturated rings. The maximum absolute atomic E-state index is 12.6. The molecule has 3 aromatic rings. The van der Waals surface area contributed by atoms with Crippen molar-refractivity contribution in [2.45, 2.75) is 32.7 Å². The fourth-order valence-corrected chi connectivity index (χ4v) is 4.06. The second-order valence-electron chi connectivity index (χ2n) is 8.03. The molecule has 5 nitrogen and oxygen atoms in total. The number of piperidine rings is 1. The Kier molecular flexibility index (Phi) is 6.60. The maximum Gasteiger partial charge on any atom is 0.251 e. The Morgan fingerprint density at radius 1 is 1.13 bits per heavy atom. The first-order valence-corrected chi connectivity index (χ1v) is 10.8. The van der Waals surface area contributed by atoms with Gasteiger partial charge in [0, 0.05) is 24.7 Å². The summed E-state index contributed by atoms with van der Waals surface area (Å²) in [5.74, 6) is 1.38. The molecule has 156 valence electrons. The zero-order valence-corrected chi connectivity index (χ0v) is 17.5. The van der Waals surface area contributed by atoms with E-state index in [-0.39, 0.29) is 5.91 Å². The smallest absolute Gasteiger partial charge is 0.251 e. The first kappa shape index (κ1) is 20.4. The summed E-state index contributed by atoms with van der Waals surface area (Å²) in [4.78, 5) is 15.0. The van der Waals surface area contributed by atoms with Gasteiger partial charge in [-0.25, -0.2) is 0 Å². The zero-order valence-electron chi connectivity index (χ0n) is 17.5. The number of aryl methyl sites for hydroxylation is 1. The molecule has 0 saturated carbocycles. The summed E-state index contributed by atoms with van der Waals surface area (Å²) in [5.41, 5.74) is 3.98. The van der Waals surface area contributed by atoms with Gasteiger partial charge < -0.3 is 9.84 Å². The molecule has 1 aliphatic heterocycles. The molecule has 2 aromatic carbocycles. The lowest BCUT2D eigenvalue weighted by Gasteiger charge is -2.32. The summed E-state index contributed by atoms with van der Waals surface area (Å²) in [5, 5.41) is 7.20. The largest absolute Gasteiger partial charge is 0.360 e. The second kappa shape index (κ2) is 9.72. The zero-order chi connectivity index (χ0) is 20.8. The number of amides is 1. The van der Waals surface area contributed by atoms with Gasteiger partial charge in [-0.3, -0.25) is 9.69 Å². The highest BCUT2D eigenvalue weighted by Crippen LogP contribution is 2.20. The predicted octanol–water partition coefficient (Wildman–Crippen LogP) is 4.55. The average molecular weight is 404 g/mol. The molecule has 4 rings (SSSR count). The molecule has 1 atom stereocenters. The molecule has 30 heavy (non-hydrogen) atoms. The quantitative estimate of drug-likeness (QED) is 0.629. The normalized spacial score (nSPS) is 17.0. The summed E-state index contributed by atoms with van der Waals surface area (Å²) >= 11 is 0. The molecule has 1 N–H and O–H groups in total. The number of nitrogens with zero attached hydrogens (tertiary/aromatic N) is 2. The van der Waals surface area contributed by atoms with E-state index in [0.717, 1.165) is 61.5 Å². The molecule has 1 aromatic heterocycles. The highest BCUT2D eigenvalue weighted by molar-refractivity contribution is 5.94. The van der Waals surface area contributed by atoms with Gasteiger partial charge in [0.25, 0.3) is 5.91 Å². The molecule has 1 unspecified atom stereocenters. The molecule has 5 heteroatoms. The SMILES string of the molecule is CCc1cc(CN2CCCC(CNC(=O)c3ccc(-c4ccccc4)cc3)C2)on1. The molecule has 1 amide bonds. The van der Waals surface area contributed by atoms with E-state index in [4.69, 9.17) is 4.52 Å². The van der Waals surface area contributed by atoms with Gasteiger partial charge in [-0.05, 0) is 55.0 Å². The summed E-state index contributed by atoms with van der Waals surface area (Å²) in [7, 11) is 0. The second-order valence-corrected chi connectivity index (χ2v) is 8.03. The number of nitrogens with one attached hydrogen (secondary N) is 1. The van der Waals surface area contributed by atoms with Gasteiger partial charge in [0.15, 0.2) is 5.76 Å². The van der Waals surface area contributed by atoms with E-state index < -0.39 is 0 Å². The van der Waals surface area contributed by atoms with Gasteiger partial charge in [-0.1, -0.05) is 54.5 Å². The van der Waals surface area contributed by atoms with E-state index in [1.54, 1.807) is 0 Å². The van der Waals surface area contributed by atoms with E-state index in [0.29, 0.717) is 18.0 Å². The number of benzene rings is 2. The number of hydrogen-bond acceptors (Lipinski definition) is 4. The third-order valence-electron chi connectivity index (χ3n) is 5.76. The minimum absolute atomic E-state index is 0.00504. The Hall–Kier alpha value is -2.92. The predicted molar refractivity (Wildman–Crippen MR) is 118 cm³/mol. The Bertz CT molecular complexity index is 950. The van der Waals surface area contributed by atoms with Crippen molar-refractivity contribution >= 4 is 5.91 Å². The van der Waals surface area contributed by atoms with Crippen LogP contribution in [0.4, 0.5) is 0 Å². The Balaban J connectivity index is 1.28. The van der Waals surface area contributed by atoms with Gasteiger partial charge in [-0.2, -0.15) is 0 Å². The Labute approximate surface area is 178 Å². The first-order chi connectivity index (χ1) is 14.7. The van der Waals surface area contributed by atoms with E-state index >= 15 is 0 Å². The lowest BCUT2D eigenvalue weighted by Crippen LogP contribution is -2.40. The minimum atomic E-state index is -0.00504. The van der Waals surface area contributed by atoms with Gasteiger partial charge in [0.1, 0.15) is 0 Å². The molecular weight excluding hydrogens is 374 g/mol. The Morgan fingerprint density at radius 3 is 2.63 bits per heavy atom. The summed E-state index contributed by atoms with van der Waals surface area (Å²) in [6.45, 7) is 5.60. The highest BCUT2D eigenvalue weighted by atomic mass is 16.5. The van der Waals surface area contributed by atoms with Crippen molar-refractivity contribution in [3.05, 3.63) is 77.7 Å². The molecule has 0 radical (unpaired) electrons. The number of carbonyl (C=O) groups excluding carboxylic acids is 1. The van der Waals surface area contributed by atoms with Gasteiger partial charge >= 0.3 is 0 Å². The van der Waals surface area contributed by atoms with Crippen LogP contribution in [-0.4, -0.2) is 35.6 Å². The lowest BCUT2D eigenvalue weighted by molar-refractivity contribution is 0.0927. The number of carbonyl (C=O) groups is 1. The van der Waals surface area contributed by atoms with Crippen LogP contribution >= 0.6 is 0 Å². The van der Waals surface area contributed by atoms with Crippen LogP contribution in [-0.2, 0) is 13.0 Å². The van der Waals surface area contributed by atoms with Crippen LogP contribution in [0.1, 0.15) is 41.6 Å². The number of hydrogen-bond donors (Lipinski definition) is 1. The van der Waals surface area contributed by atoms with E-state index in [9.17, 15) is 4.79 Å². The van der Waals surface area contributed by atoms with E-state index in [1.165, 1.54) is 0 Å². The van der Waals surface area contributed by atoms with E-state index in [2.05, 4.69) is 34.4 Å². The molecule has 1 aliphatic rings. The van der Waals surface area contributed by atoms with Crippen LogP contribution in [0.3, 0.4) is 0 Å². The summed E-state index contributed by atoms with van der Waals surface area (Å²) in [6.07, 6.45) is 3.17. The molecule has 2 heterocycles. The van der Waals surface area contributed by atoms with Gasteiger partial charge in [-0.15, -0.1) is 0 Å². The third kappa shape index (κ3) is 5.16. The van der Waals surface area contributed by atoms with E-state index in [1.807, 2.05) is 48.5 Å². The lowest BCUT2D eigenvalue weighted by atomic mass is 9.97. The van der Waals surface area contributed by atoms with Crippen molar-refractivity contribution in [2.24, 2.45) is 5.92 Å². The van der Waals surface area contributed by atoms with Gasteiger partial charge in [0.2, 0.25) is 0 Å². The Morgan fingerprint density at radius 2 is 1.90 bits per heavy atom. The van der Waals surface area contributed by atoms with Crippen LogP contribution < -0.4 is 5.32 Å². The summed E-state index contributed by atoms with van der Waals surface area (Å²) in [6, 6.07) is 20.1. The van der Waals surface area contributed by atoms with Crippen molar-refractivity contribution in [1.82, 2.24) is 15.4 Å². The van der Waals surface area contributed by atoms with Crippen molar-refractivity contribution in [3.8, 4) is 11.1 Å². The average Bonchev–Trinajstić information content (AvgIpc) is 3.26. The monoisotopic (exact) mass is 403 g/mol. The maximum atomic E-state index is 12.6. The van der Waals surface area contributed by atoms with Crippen molar-refractivity contribution in [3.63, 3.8) is 0 Å². The molecule has 0 bridgehead atoms. The molecule has 0 spiro atoms. The third-order valence-corrected chi connectivity index (χ3v) is 5.76. The number of likely N-dealkylation sites (tertiary alicyclic amines) is 1. The van der Waals surface area contributed by atoms with Crippen molar-refractivity contribution in [2.75, 3.05) is 19.6 Å². The molecular formula is C25H29N3O2. The fraction of sp³-hybridized carbons (Fsp3) is 0.360.